The van der Waals surface area contributed by atoms with Crippen molar-refractivity contribution in [1.29, 1.82) is 5.26 Å². The fourth-order valence-corrected chi connectivity index (χ4v) is 0.895. The molecule has 0 atom stereocenters. The van der Waals surface area contributed by atoms with Crippen LogP contribution in [0.3, 0.4) is 0 Å². The van der Waals surface area contributed by atoms with E-state index in [0.29, 0.717) is 0 Å². The summed E-state index contributed by atoms with van der Waals surface area (Å²) in [6, 6.07) is 3.68. The van der Waals surface area contributed by atoms with Crippen LogP contribution in [0.25, 0.3) is 0 Å². The molecule has 0 aliphatic carbocycles. The van der Waals surface area contributed by atoms with Gasteiger partial charge in [-0.2, -0.15) is 5.26 Å². The Morgan fingerprint density at radius 1 is 1.46 bits per heavy atom. The Hall–Kier alpha value is -1.63. The molecule has 0 saturated carbocycles. The van der Waals surface area contributed by atoms with E-state index in [4.69, 9.17) is 10.00 Å². The largest absolute Gasteiger partial charge is 0.488 e. The van der Waals surface area contributed by atoms with Crippen LogP contribution in [0.2, 0.25) is 0 Å². The summed E-state index contributed by atoms with van der Waals surface area (Å²) in [5.41, 5.74) is -0.218. The molecule has 1 aromatic rings. The van der Waals surface area contributed by atoms with E-state index in [1.165, 1.54) is 0 Å². The Kier molecular flexibility index (Phi) is 2.80. The molecule has 0 N–H and O–H groups in total. The van der Waals surface area contributed by atoms with Crippen LogP contribution in [0.5, 0.6) is 5.75 Å². The average Bonchev–Trinajstić information content (AvgIpc) is 2.12. The van der Waals surface area contributed by atoms with E-state index in [9.17, 15) is 8.78 Å². The first-order valence-electron chi connectivity index (χ1n) is 3.71. The Balaban J connectivity index is 3.23. The summed E-state index contributed by atoms with van der Waals surface area (Å²) >= 11 is 0. The average molecular weight is 183 g/mol. The standard InChI is InChI=1S/C9H7F2NO/c1-2-13-9-7(10)4-3-6(5-12)8(9)11/h3-4H,2H2,1H3. The van der Waals surface area contributed by atoms with Crippen LogP contribution in [-0.2, 0) is 0 Å². The summed E-state index contributed by atoms with van der Waals surface area (Å²) in [6.07, 6.45) is 0. The molecule has 0 fully saturated rings. The fraction of sp³-hybridized carbons (Fsp3) is 0.222. The summed E-state index contributed by atoms with van der Waals surface area (Å²) in [4.78, 5) is 0. The van der Waals surface area contributed by atoms with Crippen LogP contribution in [0, 0.1) is 23.0 Å². The smallest absolute Gasteiger partial charge is 0.192 e. The number of ether oxygens (including phenoxy) is 1. The van der Waals surface area contributed by atoms with Crippen LogP contribution < -0.4 is 4.74 Å². The predicted molar refractivity (Wildman–Crippen MR) is 42.2 cm³/mol. The molecule has 0 bridgehead atoms. The van der Waals surface area contributed by atoms with Gasteiger partial charge >= 0.3 is 0 Å². The maximum absolute atomic E-state index is 13.1. The lowest BCUT2D eigenvalue weighted by molar-refractivity contribution is 0.302. The lowest BCUT2D eigenvalue weighted by Crippen LogP contribution is -1.99. The predicted octanol–water partition coefficient (Wildman–Crippen LogP) is 2.24. The van der Waals surface area contributed by atoms with Gasteiger partial charge in [-0.1, -0.05) is 0 Å². The van der Waals surface area contributed by atoms with Crippen molar-refractivity contribution in [3.8, 4) is 11.8 Å². The first kappa shape index (κ1) is 9.46. The molecule has 0 spiro atoms. The number of halogens is 2. The third-order valence-corrected chi connectivity index (χ3v) is 1.46. The van der Waals surface area contributed by atoms with Crippen molar-refractivity contribution in [1.82, 2.24) is 0 Å². The highest BCUT2D eigenvalue weighted by atomic mass is 19.1. The number of nitriles is 1. The van der Waals surface area contributed by atoms with Crippen LogP contribution >= 0.6 is 0 Å². The molecule has 1 rings (SSSR count). The molecule has 0 aromatic heterocycles. The minimum atomic E-state index is -0.940. The molecule has 0 heterocycles. The Labute approximate surface area is 74.4 Å². The van der Waals surface area contributed by atoms with Crippen molar-refractivity contribution in [3.05, 3.63) is 29.3 Å². The van der Waals surface area contributed by atoms with Gasteiger partial charge in [0.1, 0.15) is 6.07 Å². The summed E-state index contributed by atoms with van der Waals surface area (Å²) in [5, 5.41) is 8.43. The number of rotatable bonds is 2. The van der Waals surface area contributed by atoms with Gasteiger partial charge in [-0.25, -0.2) is 8.78 Å². The molecule has 1 aromatic carbocycles. The van der Waals surface area contributed by atoms with Crippen molar-refractivity contribution in [2.75, 3.05) is 6.61 Å². The maximum Gasteiger partial charge on any atom is 0.192 e. The van der Waals surface area contributed by atoms with Crippen LogP contribution in [0.1, 0.15) is 12.5 Å². The second-order valence-corrected chi connectivity index (χ2v) is 2.28. The third kappa shape index (κ3) is 1.75. The lowest BCUT2D eigenvalue weighted by atomic mass is 10.2. The molecular formula is C9H7F2NO. The molecule has 0 radical (unpaired) electrons. The molecule has 0 aliphatic rings. The van der Waals surface area contributed by atoms with Crippen molar-refractivity contribution in [2.24, 2.45) is 0 Å². The Bertz CT molecular complexity index is 357. The summed E-state index contributed by atoms with van der Waals surface area (Å²) < 4.78 is 30.7. The van der Waals surface area contributed by atoms with Crippen LogP contribution in [-0.4, -0.2) is 6.61 Å². The zero-order valence-corrected chi connectivity index (χ0v) is 6.97. The minimum absolute atomic E-state index is 0.155. The number of hydrogen-bond acceptors (Lipinski definition) is 2. The van der Waals surface area contributed by atoms with Gasteiger partial charge in [-0.15, -0.1) is 0 Å². The third-order valence-electron chi connectivity index (χ3n) is 1.46. The quantitative estimate of drug-likeness (QED) is 0.704. The SMILES string of the molecule is CCOc1c(F)ccc(C#N)c1F. The van der Waals surface area contributed by atoms with E-state index >= 15 is 0 Å². The zero-order valence-electron chi connectivity index (χ0n) is 6.97. The lowest BCUT2D eigenvalue weighted by Gasteiger charge is -2.05. The van der Waals surface area contributed by atoms with E-state index < -0.39 is 17.4 Å². The Morgan fingerprint density at radius 2 is 2.15 bits per heavy atom. The zero-order chi connectivity index (χ0) is 9.84. The molecule has 13 heavy (non-hydrogen) atoms. The minimum Gasteiger partial charge on any atom is -0.488 e. The molecule has 0 unspecified atom stereocenters. The topological polar surface area (TPSA) is 33.0 Å². The van der Waals surface area contributed by atoms with Gasteiger partial charge in [0.15, 0.2) is 17.4 Å². The highest BCUT2D eigenvalue weighted by Gasteiger charge is 2.13. The van der Waals surface area contributed by atoms with Gasteiger partial charge in [-0.05, 0) is 19.1 Å². The van der Waals surface area contributed by atoms with E-state index in [1.54, 1.807) is 13.0 Å². The Morgan fingerprint density at radius 3 is 2.69 bits per heavy atom. The van der Waals surface area contributed by atoms with Gasteiger partial charge in [0.05, 0.1) is 12.2 Å². The van der Waals surface area contributed by atoms with Gasteiger partial charge in [0, 0.05) is 0 Å². The van der Waals surface area contributed by atoms with Gasteiger partial charge in [0.25, 0.3) is 0 Å². The molecule has 2 nitrogen and oxygen atoms in total. The first-order valence-corrected chi connectivity index (χ1v) is 3.71. The normalized spacial score (nSPS) is 9.38. The van der Waals surface area contributed by atoms with Gasteiger partial charge < -0.3 is 4.74 Å². The van der Waals surface area contributed by atoms with Crippen molar-refractivity contribution >= 4 is 0 Å². The van der Waals surface area contributed by atoms with Crippen LogP contribution in [0.4, 0.5) is 8.78 Å². The summed E-state index contributed by atoms with van der Waals surface area (Å²) in [7, 11) is 0. The fourth-order valence-electron chi connectivity index (χ4n) is 0.895. The van der Waals surface area contributed by atoms with E-state index in [-0.39, 0.29) is 12.2 Å². The molecule has 0 aliphatic heterocycles. The highest BCUT2D eigenvalue weighted by molar-refractivity contribution is 5.39. The monoisotopic (exact) mass is 183 g/mol. The number of benzene rings is 1. The number of hydrogen-bond donors (Lipinski definition) is 0. The van der Waals surface area contributed by atoms with E-state index in [1.807, 2.05) is 0 Å². The molecular weight excluding hydrogens is 176 g/mol. The van der Waals surface area contributed by atoms with Crippen LogP contribution in [0.15, 0.2) is 12.1 Å². The molecule has 0 amide bonds. The number of nitrogens with zero attached hydrogens (tertiary/aromatic N) is 1. The molecule has 68 valence electrons. The van der Waals surface area contributed by atoms with Crippen molar-refractivity contribution in [2.45, 2.75) is 6.92 Å². The van der Waals surface area contributed by atoms with Gasteiger partial charge in [0.2, 0.25) is 0 Å². The summed E-state index contributed by atoms with van der Waals surface area (Å²) in [5.74, 6) is -2.22. The second kappa shape index (κ2) is 3.85. The van der Waals surface area contributed by atoms with E-state index in [2.05, 4.69) is 0 Å². The highest BCUT2D eigenvalue weighted by Crippen LogP contribution is 2.23. The first-order chi connectivity index (χ1) is 6.20. The molecule has 4 heteroatoms. The molecule has 0 saturated heterocycles. The summed E-state index contributed by atoms with van der Waals surface area (Å²) in [6.45, 7) is 1.76. The van der Waals surface area contributed by atoms with Crippen molar-refractivity contribution in [3.63, 3.8) is 0 Å². The maximum atomic E-state index is 13.1. The van der Waals surface area contributed by atoms with Gasteiger partial charge in [-0.3, -0.25) is 0 Å². The van der Waals surface area contributed by atoms with Crippen molar-refractivity contribution < 1.29 is 13.5 Å². The second-order valence-electron chi connectivity index (χ2n) is 2.28. The van der Waals surface area contributed by atoms with E-state index in [0.717, 1.165) is 12.1 Å².